The number of amides is 5. The van der Waals surface area contributed by atoms with E-state index in [4.69, 9.17) is 0 Å². The highest BCUT2D eigenvalue weighted by atomic mass is 16.2. The van der Waals surface area contributed by atoms with Crippen LogP contribution in [-0.2, 0) is 16.2 Å². The summed E-state index contributed by atoms with van der Waals surface area (Å²) in [6, 6.07) is 45.8. The van der Waals surface area contributed by atoms with Crippen LogP contribution < -0.4 is 26.6 Å². The van der Waals surface area contributed by atoms with Gasteiger partial charge >= 0.3 is 0 Å². The number of nitrogens with one attached hydrogen (secondary N) is 5. The normalized spacial score (nSPS) is 14.5. The van der Waals surface area contributed by atoms with Gasteiger partial charge in [-0.2, -0.15) is 0 Å². The van der Waals surface area contributed by atoms with Gasteiger partial charge in [0.1, 0.15) is 0 Å². The molecule has 482 valence electrons. The van der Waals surface area contributed by atoms with Crippen molar-refractivity contribution in [1.82, 2.24) is 0 Å². The topological polar surface area (TPSA) is 146 Å². The zero-order valence-corrected chi connectivity index (χ0v) is 57.5. The number of hydrogen-bond donors (Lipinski definition) is 5. The molecule has 2 aliphatic rings. The Labute approximate surface area is 552 Å². The lowest BCUT2D eigenvalue weighted by molar-refractivity contribution is 0.101. The number of anilines is 5. The van der Waals surface area contributed by atoms with E-state index in [2.05, 4.69) is 163 Å². The first-order chi connectivity index (χ1) is 44.2. The Morgan fingerprint density at radius 3 is 0.828 bits per heavy atom. The number of carbonyl (C=O) groups is 5. The standard InChI is InChI=1S/C83H95N5O5/c1-49(2)69-29-24-30-70(50(3)4)75(69)88-80(93)63-28-23-27-62(48-63)79(92)87-74-57(11)45-68(46-58(74)12)83(37-20-17-21-38-83)67-43-55(9)73(56(10)44-67)86-78(91)61-26-22-25-60(47-61)77(90)85-72-53(7)41-66(42-54(72)8)82(35-18-16-19-36-82)65-39-51(5)71(52(6)40-65)84-76(89)59-31-33-64(34-32-59)81(13,14)15/h22-34,39-50H,16-21,35-38H2,1-15H3,(H,84,89)(H,85,90)(H,86,91)(H,87,92)(H,88,93). The van der Waals surface area contributed by atoms with E-state index < -0.39 is 0 Å². The van der Waals surface area contributed by atoms with Gasteiger partial charge in [-0.25, -0.2) is 0 Å². The van der Waals surface area contributed by atoms with E-state index in [9.17, 15) is 24.0 Å². The van der Waals surface area contributed by atoms with Crippen LogP contribution in [0.4, 0.5) is 28.4 Å². The second-order valence-electron chi connectivity index (χ2n) is 28.6. The quantitative estimate of drug-likeness (QED) is 0.0654. The van der Waals surface area contributed by atoms with Gasteiger partial charge in [-0.1, -0.05) is 178 Å². The molecule has 0 atom stereocenters. The van der Waals surface area contributed by atoms with Crippen molar-refractivity contribution in [3.8, 4) is 0 Å². The zero-order chi connectivity index (χ0) is 66.8. The molecule has 10 heteroatoms. The molecule has 10 nitrogen and oxygen atoms in total. The summed E-state index contributed by atoms with van der Waals surface area (Å²) >= 11 is 0. The summed E-state index contributed by atoms with van der Waals surface area (Å²) < 4.78 is 0. The molecule has 93 heavy (non-hydrogen) atoms. The molecule has 0 radical (unpaired) electrons. The van der Waals surface area contributed by atoms with Crippen molar-refractivity contribution in [3.05, 3.63) is 251 Å². The molecule has 10 rings (SSSR count). The zero-order valence-electron chi connectivity index (χ0n) is 57.5. The van der Waals surface area contributed by atoms with Gasteiger partial charge in [0.05, 0.1) is 0 Å². The summed E-state index contributed by atoms with van der Waals surface area (Å²) in [4.78, 5) is 70.1. The van der Waals surface area contributed by atoms with Gasteiger partial charge in [-0.3, -0.25) is 24.0 Å². The van der Waals surface area contributed by atoms with Gasteiger partial charge in [0.15, 0.2) is 0 Å². The third-order valence-corrected chi connectivity index (χ3v) is 20.1. The molecule has 0 aliphatic heterocycles. The van der Waals surface area contributed by atoms with Gasteiger partial charge in [0, 0.05) is 67.1 Å². The third-order valence-electron chi connectivity index (χ3n) is 20.1. The first kappa shape index (κ1) is 67.0. The molecule has 5 amide bonds. The summed E-state index contributed by atoms with van der Waals surface area (Å²) in [7, 11) is 0. The highest BCUT2D eigenvalue weighted by Gasteiger charge is 2.39. The van der Waals surface area contributed by atoms with Crippen molar-refractivity contribution >= 4 is 58.0 Å². The first-order valence-electron chi connectivity index (χ1n) is 33.6. The van der Waals surface area contributed by atoms with Crippen molar-refractivity contribution in [2.45, 2.75) is 196 Å². The fourth-order valence-electron chi connectivity index (χ4n) is 14.9. The molecule has 2 fully saturated rings. The summed E-state index contributed by atoms with van der Waals surface area (Å²) in [5.74, 6) is -0.841. The highest BCUT2D eigenvalue weighted by molar-refractivity contribution is 6.11. The molecular formula is C83H95N5O5. The summed E-state index contributed by atoms with van der Waals surface area (Å²) in [5.41, 5.74) is 21.6. The Bertz CT molecular complexity index is 4090. The van der Waals surface area contributed by atoms with E-state index >= 15 is 0 Å². The summed E-state index contributed by atoms with van der Waals surface area (Å²) in [6.45, 7) is 31.5. The highest BCUT2D eigenvalue weighted by Crippen LogP contribution is 2.50. The van der Waals surface area contributed by atoms with E-state index in [1.165, 1.54) is 34.2 Å². The predicted molar refractivity (Wildman–Crippen MR) is 384 cm³/mol. The van der Waals surface area contributed by atoms with Crippen molar-refractivity contribution in [2.24, 2.45) is 0 Å². The maximum Gasteiger partial charge on any atom is 0.255 e. The Morgan fingerprint density at radius 1 is 0.323 bits per heavy atom. The van der Waals surface area contributed by atoms with Gasteiger partial charge in [-0.15, -0.1) is 0 Å². The lowest BCUT2D eigenvalue weighted by atomic mass is 9.64. The number of carbonyl (C=O) groups excluding carboxylic acids is 5. The van der Waals surface area contributed by atoms with E-state index in [0.29, 0.717) is 27.8 Å². The molecule has 0 saturated heterocycles. The van der Waals surface area contributed by atoms with Crippen LogP contribution in [0, 0.1) is 55.4 Å². The van der Waals surface area contributed by atoms with Gasteiger partial charge in [0.2, 0.25) is 0 Å². The number of benzene rings is 8. The molecule has 0 heterocycles. The summed E-state index contributed by atoms with van der Waals surface area (Å²) in [5, 5.41) is 16.1. The van der Waals surface area contributed by atoms with Crippen LogP contribution in [0.2, 0.25) is 0 Å². The van der Waals surface area contributed by atoms with Gasteiger partial charge in [0.25, 0.3) is 29.5 Å². The minimum atomic E-state index is -0.302. The van der Waals surface area contributed by atoms with Crippen molar-refractivity contribution in [2.75, 3.05) is 26.6 Å². The van der Waals surface area contributed by atoms with Crippen molar-refractivity contribution < 1.29 is 24.0 Å². The lowest BCUT2D eigenvalue weighted by Crippen LogP contribution is -2.31. The first-order valence-corrected chi connectivity index (χ1v) is 33.6. The minimum Gasteiger partial charge on any atom is -0.322 e. The molecule has 5 N–H and O–H groups in total. The second kappa shape index (κ2) is 27.4. The van der Waals surface area contributed by atoms with Crippen LogP contribution in [0.15, 0.2) is 140 Å². The minimum absolute atomic E-state index is 0.00215. The largest absolute Gasteiger partial charge is 0.322 e. The molecule has 2 saturated carbocycles. The molecular weight excluding hydrogens is 1150 g/mol. The third kappa shape index (κ3) is 14.1. The van der Waals surface area contributed by atoms with Crippen LogP contribution in [0.3, 0.4) is 0 Å². The fourth-order valence-corrected chi connectivity index (χ4v) is 14.9. The van der Waals surface area contributed by atoms with Crippen molar-refractivity contribution in [3.63, 3.8) is 0 Å². The van der Waals surface area contributed by atoms with E-state index in [-0.39, 0.29) is 57.6 Å². The average Bonchev–Trinajstić information content (AvgIpc) is 0.761. The van der Waals surface area contributed by atoms with Crippen molar-refractivity contribution in [1.29, 1.82) is 0 Å². The number of hydrogen-bond acceptors (Lipinski definition) is 5. The molecule has 0 aromatic heterocycles. The SMILES string of the molecule is Cc1cc(C2(c3cc(C)c(NC(=O)c4cccc(C(=O)Nc5c(C)cc(C6(c7cc(C)c(NC(=O)c8cccc(C(=O)Nc9c(C(C)C)cccc9C(C)C)c8)c(C)c7)CCCCC6)cc5C)c4)c(C)c3)CCCCC2)cc(C)c1NC(=O)c1ccc(C(C)(C)C)cc1. The summed E-state index contributed by atoms with van der Waals surface area (Å²) in [6.07, 6.45) is 10.6. The molecule has 0 unspecified atom stereocenters. The smallest absolute Gasteiger partial charge is 0.255 e. The van der Waals surface area contributed by atoms with E-state index in [1.54, 1.807) is 48.5 Å². The number of para-hydroxylation sites is 1. The monoisotopic (exact) mass is 1240 g/mol. The van der Waals surface area contributed by atoms with E-state index in [1.807, 2.05) is 58.0 Å². The van der Waals surface area contributed by atoms with Gasteiger partial charge < -0.3 is 26.6 Å². The van der Waals surface area contributed by atoms with Crippen LogP contribution >= 0.6 is 0 Å². The maximum absolute atomic E-state index is 14.3. The molecule has 0 bridgehead atoms. The maximum atomic E-state index is 14.3. The predicted octanol–water partition coefficient (Wildman–Crippen LogP) is 20.5. The Balaban J connectivity index is 0.827. The van der Waals surface area contributed by atoms with E-state index in [0.717, 1.165) is 142 Å². The number of rotatable bonds is 16. The Hall–Kier alpha value is -8.89. The second-order valence-corrected chi connectivity index (χ2v) is 28.6. The molecule has 2 aliphatic carbocycles. The van der Waals surface area contributed by atoms with Crippen LogP contribution in [-0.4, -0.2) is 29.5 Å². The molecule has 0 spiro atoms. The van der Waals surface area contributed by atoms with Crippen LogP contribution in [0.1, 0.15) is 260 Å². The van der Waals surface area contributed by atoms with Gasteiger partial charge in [-0.05, 0) is 230 Å². The molecule has 8 aromatic carbocycles. The fraction of sp³-hybridized carbons (Fsp3) is 0.361. The lowest BCUT2D eigenvalue weighted by Gasteiger charge is -2.40. The van der Waals surface area contributed by atoms with Crippen LogP contribution in [0.25, 0.3) is 0 Å². The number of aryl methyl sites for hydroxylation is 8. The average molecular weight is 1240 g/mol. The Morgan fingerprint density at radius 2 is 0.570 bits per heavy atom. The Kier molecular flexibility index (Phi) is 19.7. The van der Waals surface area contributed by atoms with Crippen LogP contribution in [0.5, 0.6) is 0 Å². The molecule has 8 aromatic rings.